The van der Waals surface area contributed by atoms with Gasteiger partial charge in [0.25, 0.3) is 11.5 Å². The molecule has 0 aliphatic heterocycles. The predicted octanol–water partition coefficient (Wildman–Crippen LogP) is 2.59. The zero-order valence-corrected chi connectivity index (χ0v) is 21.7. The Hall–Kier alpha value is -6.02. The SMILES string of the molecule is C[C@@H](NC(=O)c1c(N)nn2cccnc12)c1nc2cccc(C#Cc3ccc(=O)[nH]c3)c2c(=O)n1-c1ccccc1. The van der Waals surface area contributed by atoms with Crippen LogP contribution in [0.3, 0.4) is 0 Å². The number of carbonyl (C=O) groups excluding carboxylic acids is 1. The molecule has 11 nitrogen and oxygen atoms in total. The second-order valence-electron chi connectivity index (χ2n) is 9.18. The van der Waals surface area contributed by atoms with Crippen LogP contribution in [0.4, 0.5) is 5.82 Å². The Bertz CT molecular complexity index is 2110. The first kappa shape index (κ1) is 25.3. The van der Waals surface area contributed by atoms with Crippen molar-refractivity contribution >= 4 is 28.3 Å². The number of rotatable bonds is 4. The topological polar surface area (TPSA) is 153 Å². The second kappa shape index (κ2) is 10.3. The molecule has 6 rings (SSSR count). The molecule has 0 saturated heterocycles. The molecule has 1 amide bonds. The van der Waals surface area contributed by atoms with Gasteiger partial charge in [-0.25, -0.2) is 14.5 Å². The van der Waals surface area contributed by atoms with Gasteiger partial charge >= 0.3 is 0 Å². The van der Waals surface area contributed by atoms with Crippen LogP contribution in [-0.4, -0.2) is 35.0 Å². The Kier molecular flexibility index (Phi) is 6.33. The Morgan fingerprint density at radius 2 is 1.85 bits per heavy atom. The molecule has 0 radical (unpaired) electrons. The minimum absolute atomic E-state index is 0.0334. The van der Waals surface area contributed by atoms with Gasteiger partial charge in [0.15, 0.2) is 11.5 Å². The number of anilines is 1. The molecule has 4 aromatic heterocycles. The molecule has 0 aliphatic rings. The fourth-order valence-electron chi connectivity index (χ4n) is 4.55. The zero-order chi connectivity index (χ0) is 28.5. The minimum atomic E-state index is -0.714. The van der Waals surface area contributed by atoms with E-state index >= 15 is 0 Å². The van der Waals surface area contributed by atoms with Gasteiger partial charge in [0, 0.05) is 35.8 Å². The summed E-state index contributed by atoms with van der Waals surface area (Å²) in [6.07, 6.45) is 4.70. The third-order valence-electron chi connectivity index (χ3n) is 6.45. The van der Waals surface area contributed by atoms with Crippen LogP contribution in [0, 0.1) is 11.8 Å². The summed E-state index contributed by atoms with van der Waals surface area (Å²) in [6.45, 7) is 1.74. The standard InChI is InChI=1S/C30H22N8O3/c1-18(34-29(40)25-26(31)36-37-16-6-15-32-28(25)37)27-35-22-10-5-7-20(13-11-19-12-14-23(39)33-17-19)24(22)30(41)38(27)21-8-3-2-4-9-21/h2-10,12,14-18H,1H3,(H2,31,36)(H,33,39)(H,34,40)/t18-/m1/s1. The summed E-state index contributed by atoms with van der Waals surface area (Å²) < 4.78 is 2.90. The summed E-state index contributed by atoms with van der Waals surface area (Å²) in [6, 6.07) is 18.2. The van der Waals surface area contributed by atoms with Crippen molar-refractivity contribution in [3.63, 3.8) is 0 Å². The Balaban J connectivity index is 1.47. The van der Waals surface area contributed by atoms with Crippen LogP contribution in [0.2, 0.25) is 0 Å². The molecular formula is C30H22N8O3. The number of nitrogens with one attached hydrogen (secondary N) is 2. The molecule has 6 aromatic rings. The van der Waals surface area contributed by atoms with E-state index in [9.17, 15) is 14.4 Å². The number of nitrogens with two attached hydrogens (primary N) is 1. The average molecular weight is 543 g/mol. The number of benzene rings is 2. The summed E-state index contributed by atoms with van der Waals surface area (Å²) >= 11 is 0. The quantitative estimate of drug-likeness (QED) is 0.290. The molecular weight excluding hydrogens is 520 g/mol. The van der Waals surface area contributed by atoms with Crippen molar-refractivity contribution < 1.29 is 4.79 Å². The van der Waals surface area contributed by atoms with Crippen molar-refractivity contribution in [1.29, 1.82) is 0 Å². The molecule has 0 aliphatic carbocycles. The summed E-state index contributed by atoms with van der Waals surface area (Å²) in [4.78, 5) is 50.5. The molecule has 2 aromatic carbocycles. The maximum absolute atomic E-state index is 14.1. The van der Waals surface area contributed by atoms with Crippen LogP contribution in [0.25, 0.3) is 22.2 Å². The molecule has 200 valence electrons. The molecule has 41 heavy (non-hydrogen) atoms. The molecule has 0 bridgehead atoms. The lowest BCUT2D eigenvalue weighted by atomic mass is 10.1. The van der Waals surface area contributed by atoms with E-state index in [4.69, 9.17) is 10.7 Å². The van der Waals surface area contributed by atoms with Crippen molar-refractivity contribution in [1.82, 2.24) is 34.4 Å². The van der Waals surface area contributed by atoms with Gasteiger partial charge in [-0.2, -0.15) is 0 Å². The van der Waals surface area contributed by atoms with Gasteiger partial charge in [-0.1, -0.05) is 36.1 Å². The van der Waals surface area contributed by atoms with Crippen molar-refractivity contribution in [2.24, 2.45) is 0 Å². The van der Waals surface area contributed by atoms with E-state index in [-0.39, 0.29) is 22.5 Å². The monoisotopic (exact) mass is 542 g/mol. The lowest BCUT2D eigenvalue weighted by Gasteiger charge is -2.20. The van der Waals surface area contributed by atoms with Crippen LogP contribution in [0.1, 0.15) is 40.3 Å². The maximum Gasteiger partial charge on any atom is 0.267 e. The van der Waals surface area contributed by atoms with Gasteiger partial charge in [0.05, 0.1) is 22.6 Å². The molecule has 11 heteroatoms. The lowest BCUT2D eigenvalue weighted by molar-refractivity contribution is 0.0940. The summed E-state index contributed by atoms with van der Waals surface area (Å²) in [5.74, 6) is 5.87. The number of para-hydroxylation sites is 1. The third kappa shape index (κ3) is 4.70. The van der Waals surface area contributed by atoms with E-state index in [1.807, 2.05) is 18.2 Å². The number of carbonyl (C=O) groups is 1. The number of aromatic amines is 1. The number of amides is 1. The Morgan fingerprint density at radius 3 is 2.63 bits per heavy atom. The molecule has 1 atom stereocenters. The number of fused-ring (bicyclic) bond motifs is 2. The second-order valence-corrected chi connectivity index (χ2v) is 9.18. The van der Waals surface area contributed by atoms with E-state index in [0.29, 0.717) is 39.2 Å². The highest BCUT2D eigenvalue weighted by Gasteiger charge is 2.24. The molecule has 0 spiro atoms. The number of hydrogen-bond donors (Lipinski definition) is 3. The van der Waals surface area contributed by atoms with Crippen LogP contribution < -0.4 is 22.2 Å². The summed E-state index contributed by atoms with van der Waals surface area (Å²) in [7, 11) is 0. The molecule has 4 heterocycles. The minimum Gasteiger partial charge on any atom is -0.381 e. The molecule has 0 unspecified atom stereocenters. The third-order valence-corrected chi connectivity index (χ3v) is 6.45. The largest absolute Gasteiger partial charge is 0.381 e. The number of H-pyrrole nitrogens is 1. The van der Waals surface area contributed by atoms with Crippen LogP contribution in [0.15, 0.2) is 94.9 Å². The smallest absolute Gasteiger partial charge is 0.267 e. The van der Waals surface area contributed by atoms with Crippen molar-refractivity contribution in [3.8, 4) is 17.5 Å². The van der Waals surface area contributed by atoms with E-state index < -0.39 is 11.9 Å². The van der Waals surface area contributed by atoms with E-state index in [0.717, 1.165) is 0 Å². The zero-order valence-electron chi connectivity index (χ0n) is 21.7. The normalized spacial score (nSPS) is 11.6. The maximum atomic E-state index is 14.1. The van der Waals surface area contributed by atoms with Crippen molar-refractivity contribution in [2.45, 2.75) is 13.0 Å². The molecule has 0 saturated carbocycles. The number of aromatic nitrogens is 6. The van der Waals surface area contributed by atoms with Gasteiger partial charge in [-0.15, -0.1) is 5.10 Å². The highest BCUT2D eigenvalue weighted by Crippen LogP contribution is 2.22. The first-order valence-corrected chi connectivity index (χ1v) is 12.6. The fourth-order valence-corrected chi connectivity index (χ4v) is 4.55. The van der Waals surface area contributed by atoms with Crippen LogP contribution in [0.5, 0.6) is 0 Å². The van der Waals surface area contributed by atoms with E-state index in [2.05, 4.69) is 32.2 Å². The van der Waals surface area contributed by atoms with Gasteiger partial charge in [-0.05, 0) is 43.3 Å². The predicted molar refractivity (Wildman–Crippen MR) is 154 cm³/mol. The fraction of sp³-hybridized carbons (Fsp3) is 0.0667. The first-order chi connectivity index (χ1) is 19.9. The highest BCUT2D eigenvalue weighted by molar-refractivity contribution is 6.04. The number of hydrogen-bond acceptors (Lipinski definition) is 7. The van der Waals surface area contributed by atoms with Gasteiger partial charge in [0.1, 0.15) is 11.4 Å². The number of pyridine rings is 1. The Morgan fingerprint density at radius 1 is 1.02 bits per heavy atom. The van der Waals surface area contributed by atoms with Crippen LogP contribution in [-0.2, 0) is 0 Å². The van der Waals surface area contributed by atoms with Gasteiger partial charge < -0.3 is 16.0 Å². The number of nitrogen functional groups attached to an aromatic ring is 1. The average Bonchev–Trinajstić information content (AvgIpc) is 3.32. The lowest BCUT2D eigenvalue weighted by Crippen LogP contribution is -2.33. The van der Waals surface area contributed by atoms with E-state index in [1.165, 1.54) is 21.3 Å². The molecule has 0 fully saturated rings. The molecule has 4 N–H and O–H groups in total. The van der Waals surface area contributed by atoms with Crippen molar-refractivity contribution in [2.75, 3.05) is 5.73 Å². The highest BCUT2D eigenvalue weighted by atomic mass is 16.2. The van der Waals surface area contributed by atoms with Gasteiger partial charge in [-0.3, -0.25) is 19.0 Å². The Labute approximate surface area is 232 Å². The summed E-state index contributed by atoms with van der Waals surface area (Å²) in [5.41, 5.74) is 7.97. The van der Waals surface area contributed by atoms with Gasteiger partial charge in [0.2, 0.25) is 5.56 Å². The van der Waals surface area contributed by atoms with Crippen LogP contribution >= 0.6 is 0 Å². The number of nitrogens with zero attached hydrogens (tertiary/aromatic N) is 5. The summed E-state index contributed by atoms with van der Waals surface area (Å²) in [5, 5.41) is 7.39. The first-order valence-electron chi connectivity index (χ1n) is 12.6. The van der Waals surface area contributed by atoms with E-state index in [1.54, 1.807) is 61.8 Å². The van der Waals surface area contributed by atoms with Crippen molar-refractivity contribution in [3.05, 3.63) is 129 Å².